The Labute approximate surface area is 165 Å². The molecule has 2 N–H and O–H groups in total. The molecule has 0 saturated carbocycles. The zero-order valence-electron chi connectivity index (χ0n) is 16.1. The summed E-state index contributed by atoms with van der Waals surface area (Å²) in [6.45, 7) is 5.17. The van der Waals surface area contributed by atoms with Crippen molar-refractivity contribution in [3.63, 3.8) is 0 Å². The Bertz CT molecular complexity index is 932. The maximum Gasteiger partial charge on any atom is 0.225 e. The molecule has 0 radical (unpaired) electrons. The van der Waals surface area contributed by atoms with Gasteiger partial charge in [0.1, 0.15) is 0 Å². The van der Waals surface area contributed by atoms with Crippen molar-refractivity contribution in [1.29, 1.82) is 0 Å². The maximum atomic E-state index is 10.1. The lowest BCUT2D eigenvalue weighted by Crippen LogP contribution is -2.44. The van der Waals surface area contributed by atoms with Crippen LogP contribution < -0.4 is 4.90 Å². The molecule has 1 unspecified atom stereocenters. The summed E-state index contributed by atoms with van der Waals surface area (Å²) in [5.41, 5.74) is 2.77. The van der Waals surface area contributed by atoms with Crippen molar-refractivity contribution in [3.05, 3.63) is 54.5 Å². The van der Waals surface area contributed by atoms with Gasteiger partial charge < -0.3 is 15.0 Å². The average Bonchev–Trinajstić information content (AvgIpc) is 3.36. The van der Waals surface area contributed by atoms with Crippen molar-refractivity contribution in [2.24, 2.45) is 11.3 Å². The van der Waals surface area contributed by atoms with Gasteiger partial charge in [-0.1, -0.05) is 12.1 Å². The number of aliphatic hydroxyl groups excluding tert-OH is 1. The van der Waals surface area contributed by atoms with Crippen LogP contribution in [0.15, 0.2) is 48.9 Å². The summed E-state index contributed by atoms with van der Waals surface area (Å²) >= 11 is 0. The maximum absolute atomic E-state index is 10.1. The lowest BCUT2D eigenvalue weighted by atomic mass is 9.71. The quantitative estimate of drug-likeness (QED) is 0.732. The summed E-state index contributed by atoms with van der Waals surface area (Å²) in [4.78, 5) is 17.0. The number of aromatic nitrogens is 3. The molecule has 3 aromatic rings. The average molecular weight is 377 g/mol. The van der Waals surface area contributed by atoms with Gasteiger partial charge >= 0.3 is 0 Å². The molecule has 28 heavy (non-hydrogen) atoms. The molecule has 2 saturated heterocycles. The van der Waals surface area contributed by atoms with E-state index in [1.165, 1.54) is 16.5 Å². The molecule has 6 heteroatoms. The number of nitrogens with one attached hydrogen (secondary N) is 1. The van der Waals surface area contributed by atoms with E-state index >= 15 is 0 Å². The van der Waals surface area contributed by atoms with Crippen LogP contribution in [0.5, 0.6) is 0 Å². The van der Waals surface area contributed by atoms with Crippen LogP contribution in [0, 0.1) is 11.3 Å². The van der Waals surface area contributed by atoms with Gasteiger partial charge in [-0.25, -0.2) is 9.97 Å². The van der Waals surface area contributed by atoms with Gasteiger partial charge in [-0.3, -0.25) is 4.90 Å². The first-order valence-electron chi connectivity index (χ1n) is 10.2. The Hall–Kier alpha value is -2.44. The standard InChI is InChI=1S/C22H27N5O/c28-15-18-14-27(21-24-8-2-9-25-21)16-22(18)6-11-26(12-7-22)13-17-3-1-4-20-19(17)5-10-23-20/h1-5,8-10,18,23,28H,6-7,11-16H2. The van der Waals surface area contributed by atoms with Crippen LogP contribution in [0.3, 0.4) is 0 Å². The van der Waals surface area contributed by atoms with Gasteiger partial charge in [-0.15, -0.1) is 0 Å². The highest BCUT2D eigenvalue weighted by Gasteiger charge is 2.48. The fourth-order valence-corrected chi connectivity index (χ4v) is 5.14. The minimum atomic E-state index is 0.171. The summed E-state index contributed by atoms with van der Waals surface area (Å²) in [6.07, 6.45) is 7.84. The summed E-state index contributed by atoms with van der Waals surface area (Å²) in [7, 11) is 0. The molecule has 2 aliphatic rings. The smallest absolute Gasteiger partial charge is 0.225 e. The molecule has 4 heterocycles. The predicted molar refractivity (Wildman–Crippen MR) is 110 cm³/mol. The second kappa shape index (κ2) is 7.18. The molecule has 2 fully saturated rings. The molecule has 0 bridgehead atoms. The van der Waals surface area contributed by atoms with E-state index in [9.17, 15) is 5.11 Å². The van der Waals surface area contributed by atoms with Gasteiger partial charge in [-0.05, 0) is 55.1 Å². The third-order valence-corrected chi connectivity index (χ3v) is 6.80. The van der Waals surface area contributed by atoms with E-state index in [1.54, 1.807) is 12.4 Å². The number of aliphatic hydroxyl groups is 1. The summed E-state index contributed by atoms with van der Waals surface area (Å²) in [5.74, 6) is 1.09. The third kappa shape index (κ3) is 3.06. The molecule has 0 aliphatic carbocycles. The summed E-state index contributed by atoms with van der Waals surface area (Å²) in [6, 6.07) is 10.5. The number of benzene rings is 1. The highest BCUT2D eigenvalue weighted by Crippen LogP contribution is 2.45. The summed E-state index contributed by atoms with van der Waals surface area (Å²) < 4.78 is 0. The van der Waals surface area contributed by atoms with E-state index in [-0.39, 0.29) is 12.0 Å². The Kier molecular flexibility index (Phi) is 4.53. The minimum Gasteiger partial charge on any atom is -0.396 e. The Balaban J connectivity index is 1.28. The molecule has 6 nitrogen and oxygen atoms in total. The number of likely N-dealkylation sites (tertiary alicyclic amines) is 1. The molecule has 1 aromatic carbocycles. The van der Waals surface area contributed by atoms with Gasteiger partial charge in [0.05, 0.1) is 0 Å². The lowest BCUT2D eigenvalue weighted by molar-refractivity contribution is 0.0508. The van der Waals surface area contributed by atoms with Crippen LogP contribution in [-0.4, -0.2) is 57.7 Å². The van der Waals surface area contributed by atoms with E-state index in [2.05, 4.69) is 49.0 Å². The number of H-pyrrole nitrogens is 1. The normalized spacial score (nSPS) is 22.3. The van der Waals surface area contributed by atoms with E-state index < -0.39 is 0 Å². The van der Waals surface area contributed by atoms with Crippen molar-refractivity contribution in [2.45, 2.75) is 19.4 Å². The SMILES string of the molecule is OCC1CN(c2ncccn2)CC12CCN(Cc1cccc3[nH]ccc13)CC2. The minimum absolute atomic E-state index is 0.171. The first kappa shape index (κ1) is 17.6. The Morgan fingerprint density at radius 2 is 1.93 bits per heavy atom. The number of aromatic amines is 1. The van der Waals surface area contributed by atoms with E-state index in [0.29, 0.717) is 5.92 Å². The van der Waals surface area contributed by atoms with Gasteiger partial charge in [0.2, 0.25) is 5.95 Å². The monoisotopic (exact) mass is 377 g/mol. The number of piperidine rings is 1. The number of anilines is 1. The number of rotatable bonds is 4. The molecule has 2 aliphatic heterocycles. The van der Waals surface area contributed by atoms with Crippen LogP contribution in [0.1, 0.15) is 18.4 Å². The second-order valence-corrected chi connectivity index (χ2v) is 8.30. The molecule has 1 atom stereocenters. The fraction of sp³-hybridized carbons (Fsp3) is 0.455. The van der Waals surface area contributed by atoms with Crippen LogP contribution in [0.2, 0.25) is 0 Å². The molecule has 146 valence electrons. The molecular weight excluding hydrogens is 350 g/mol. The molecular formula is C22H27N5O. The molecule has 5 rings (SSSR count). The second-order valence-electron chi connectivity index (χ2n) is 8.30. The highest BCUT2D eigenvalue weighted by molar-refractivity contribution is 5.82. The van der Waals surface area contributed by atoms with Crippen molar-refractivity contribution in [3.8, 4) is 0 Å². The van der Waals surface area contributed by atoms with E-state index in [4.69, 9.17) is 0 Å². The lowest BCUT2D eigenvalue weighted by Gasteiger charge is -2.42. The molecule has 0 amide bonds. The molecule has 2 aromatic heterocycles. The topological polar surface area (TPSA) is 68.3 Å². The van der Waals surface area contributed by atoms with E-state index in [0.717, 1.165) is 51.5 Å². The van der Waals surface area contributed by atoms with Crippen LogP contribution in [0.4, 0.5) is 5.95 Å². The fourth-order valence-electron chi connectivity index (χ4n) is 5.14. The first-order chi connectivity index (χ1) is 13.8. The Morgan fingerprint density at radius 1 is 1.11 bits per heavy atom. The Morgan fingerprint density at radius 3 is 2.71 bits per heavy atom. The van der Waals surface area contributed by atoms with Crippen LogP contribution in [0.25, 0.3) is 10.9 Å². The van der Waals surface area contributed by atoms with Gasteiger partial charge in [-0.2, -0.15) is 0 Å². The summed E-state index contributed by atoms with van der Waals surface area (Å²) in [5, 5.41) is 11.4. The van der Waals surface area contributed by atoms with E-state index in [1.807, 2.05) is 12.3 Å². The van der Waals surface area contributed by atoms with Gasteiger partial charge in [0.15, 0.2) is 0 Å². The number of hydrogen-bond donors (Lipinski definition) is 2. The largest absolute Gasteiger partial charge is 0.396 e. The van der Waals surface area contributed by atoms with Crippen LogP contribution in [-0.2, 0) is 6.54 Å². The predicted octanol–water partition coefficient (Wildman–Crippen LogP) is 2.67. The number of nitrogens with zero attached hydrogens (tertiary/aromatic N) is 4. The third-order valence-electron chi connectivity index (χ3n) is 6.80. The number of hydrogen-bond acceptors (Lipinski definition) is 5. The van der Waals surface area contributed by atoms with Gasteiger partial charge in [0.25, 0.3) is 0 Å². The molecule has 1 spiro atoms. The zero-order chi connectivity index (χ0) is 19.0. The van der Waals surface area contributed by atoms with Crippen molar-refractivity contribution in [1.82, 2.24) is 19.9 Å². The highest BCUT2D eigenvalue weighted by atomic mass is 16.3. The zero-order valence-corrected chi connectivity index (χ0v) is 16.1. The van der Waals surface area contributed by atoms with Crippen molar-refractivity contribution < 1.29 is 5.11 Å². The number of fused-ring (bicyclic) bond motifs is 1. The first-order valence-corrected chi connectivity index (χ1v) is 10.2. The van der Waals surface area contributed by atoms with Gasteiger partial charge in [0, 0.05) is 61.7 Å². The van der Waals surface area contributed by atoms with Crippen LogP contribution >= 0.6 is 0 Å². The van der Waals surface area contributed by atoms with Crippen molar-refractivity contribution >= 4 is 16.9 Å². The van der Waals surface area contributed by atoms with Crippen molar-refractivity contribution in [2.75, 3.05) is 37.7 Å².